The van der Waals surface area contributed by atoms with Gasteiger partial charge in [-0.3, -0.25) is 9.59 Å². The number of hydrogen-bond acceptors (Lipinski definition) is 8. The fourth-order valence-corrected chi connectivity index (χ4v) is 5.05. The molecule has 3 heterocycles. The van der Waals surface area contributed by atoms with Crippen LogP contribution in [0.3, 0.4) is 0 Å². The number of ketones is 1. The molecule has 0 aliphatic carbocycles. The number of fused-ring (bicyclic) bond motifs is 1. The van der Waals surface area contributed by atoms with Crippen molar-refractivity contribution in [1.82, 2.24) is 9.97 Å². The smallest absolute Gasteiger partial charge is 0.257 e. The summed E-state index contributed by atoms with van der Waals surface area (Å²) in [6, 6.07) is 14.4. The van der Waals surface area contributed by atoms with E-state index in [1.54, 1.807) is 38.1 Å². The maximum absolute atomic E-state index is 13.3. The lowest BCUT2D eigenvalue weighted by atomic mass is 10.0. The first kappa shape index (κ1) is 22.5. The van der Waals surface area contributed by atoms with E-state index in [4.69, 9.17) is 5.73 Å². The van der Waals surface area contributed by atoms with Gasteiger partial charge in [0.2, 0.25) is 5.78 Å². The van der Waals surface area contributed by atoms with Crippen molar-refractivity contribution in [3.63, 3.8) is 0 Å². The van der Waals surface area contributed by atoms with Crippen molar-refractivity contribution >= 4 is 56.4 Å². The van der Waals surface area contributed by atoms with E-state index in [1.807, 2.05) is 24.5 Å². The Morgan fingerprint density at radius 1 is 1.09 bits per heavy atom. The van der Waals surface area contributed by atoms with Crippen LogP contribution in [0.4, 0.5) is 11.4 Å². The molecule has 0 aliphatic heterocycles. The van der Waals surface area contributed by atoms with Crippen molar-refractivity contribution in [3.05, 3.63) is 75.4 Å². The molecule has 4 aromatic rings. The van der Waals surface area contributed by atoms with Crippen LogP contribution < -0.4 is 11.1 Å². The number of nitriles is 1. The van der Waals surface area contributed by atoms with Crippen molar-refractivity contribution in [1.29, 1.82) is 5.26 Å². The molecule has 0 spiro atoms. The molecule has 0 bridgehead atoms. The van der Waals surface area contributed by atoms with Gasteiger partial charge in [0.05, 0.1) is 22.5 Å². The molecule has 0 aliphatic rings. The lowest BCUT2D eigenvalue weighted by molar-refractivity contribution is 0.102. The van der Waals surface area contributed by atoms with Gasteiger partial charge in [-0.15, -0.1) is 23.1 Å². The zero-order chi connectivity index (χ0) is 23.7. The third-order valence-electron chi connectivity index (χ3n) is 5.13. The molecule has 0 fully saturated rings. The molecule has 4 rings (SSSR count). The molecule has 3 aromatic heterocycles. The van der Waals surface area contributed by atoms with Crippen LogP contribution in [0.5, 0.6) is 0 Å². The van der Waals surface area contributed by atoms with E-state index in [-0.39, 0.29) is 17.4 Å². The van der Waals surface area contributed by atoms with Gasteiger partial charge in [-0.2, -0.15) is 5.26 Å². The Morgan fingerprint density at radius 2 is 1.79 bits per heavy atom. The van der Waals surface area contributed by atoms with E-state index in [2.05, 4.69) is 21.4 Å². The summed E-state index contributed by atoms with van der Waals surface area (Å²) in [4.78, 5) is 36.0. The Morgan fingerprint density at radius 3 is 2.45 bits per heavy atom. The van der Waals surface area contributed by atoms with Crippen molar-refractivity contribution in [2.24, 2.45) is 0 Å². The Hall–Kier alpha value is -3.74. The summed E-state index contributed by atoms with van der Waals surface area (Å²) < 4.78 is 0. The van der Waals surface area contributed by atoms with Gasteiger partial charge in [0.1, 0.15) is 20.8 Å². The Bertz CT molecular complexity index is 1460. The molecule has 33 heavy (non-hydrogen) atoms. The first-order valence-electron chi connectivity index (χ1n) is 9.90. The molecule has 0 unspecified atom stereocenters. The number of thioether (sulfide) groups is 1. The summed E-state index contributed by atoms with van der Waals surface area (Å²) in [6.07, 6.45) is 1.83. The van der Waals surface area contributed by atoms with E-state index < -0.39 is 0 Å². The molecule has 1 aromatic carbocycles. The first-order chi connectivity index (χ1) is 15.8. The number of aromatic nitrogens is 2. The maximum Gasteiger partial charge on any atom is 0.257 e. The minimum absolute atomic E-state index is 0.258. The van der Waals surface area contributed by atoms with Crippen LogP contribution in [-0.2, 0) is 0 Å². The van der Waals surface area contributed by atoms with Gasteiger partial charge >= 0.3 is 0 Å². The number of nitrogens with zero attached hydrogens (tertiary/aromatic N) is 3. The summed E-state index contributed by atoms with van der Waals surface area (Å²) in [5.74, 6) is -0.629. The van der Waals surface area contributed by atoms with E-state index in [9.17, 15) is 14.9 Å². The number of hydrogen-bond donors (Lipinski definition) is 2. The zero-order valence-corrected chi connectivity index (χ0v) is 19.7. The number of nitrogens with one attached hydrogen (secondary N) is 1. The number of pyridine rings is 2. The second-order valence-corrected chi connectivity index (χ2v) is 9.05. The van der Waals surface area contributed by atoms with Gasteiger partial charge in [-0.05, 0) is 44.4 Å². The summed E-state index contributed by atoms with van der Waals surface area (Å²) in [7, 11) is 0. The zero-order valence-electron chi connectivity index (χ0n) is 18.1. The fourth-order valence-electron chi connectivity index (χ4n) is 3.42. The van der Waals surface area contributed by atoms with Crippen LogP contribution in [0, 0.1) is 25.2 Å². The van der Waals surface area contributed by atoms with Gasteiger partial charge in [0.25, 0.3) is 5.91 Å². The number of anilines is 2. The highest BCUT2D eigenvalue weighted by atomic mass is 32.2. The van der Waals surface area contributed by atoms with Gasteiger partial charge in [-0.1, -0.05) is 18.2 Å². The lowest BCUT2D eigenvalue weighted by Crippen LogP contribution is -2.14. The van der Waals surface area contributed by atoms with E-state index in [1.165, 1.54) is 11.8 Å². The molecular formula is C24H19N5O2S2. The number of benzene rings is 1. The Balaban J connectivity index is 1.75. The summed E-state index contributed by atoms with van der Waals surface area (Å²) in [6.45, 7) is 3.47. The van der Waals surface area contributed by atoms with Crippen LogP contribution in [0.1, 0.15) is 42.5 Å². The van der Waals surface area contributed by atoms with Gasteiger partial charge < -0.3 is 11.1 Å². The molecule has 0 saturated carbocycles. The lowest BCUT2D eigenvalue weighted by Gasteiger charge is -2.08. The molecule has 164 valence electrons. The van der Waals surface area contributed by atoms with E-state index in [0.29, 0.717) is 53.9 Å². The molecule has 3 N–H and O–H groups in total. The first-order valence-corrected chi connectivity index (χ1v) is 11.9. The number of rotatable bonds is 5. The summed E-state index contributed by atoms with van der Waals surface area (Å²) in [5, 5.41) is 13.4. The summed E-state index contributed by atoms with van der Waals surface area (Å²) in [5.41, 5.74) is 9.37. The van der Waals surface area contributed by atoms with Crippen LogP contribution >= 0.6 is 23.1 Å². The number of thiophene rings is 1. The predicted molar refractivity (Wildman–Crippen MR) is 132 cm³/mol. The highest BCUT2D eigenvalue weighted by molar-refractivity contribution is 7.98. The van der Waals surface area contributed by atoms with Gasteiger partial charge in [0, 0.05) is 22.3 Å². The maximum atomic E-state index is 13.3. The van der Waals surface area contributed by atoms with Gasteiger partial charge in [-0.25, -0.2) is 9.97 Å². The molecule has 0 radical (unpaired) electrons. The summed E-state index contributed by atoms with van der Waals surface area (Å²) >= 11 is 2.51. The number of nitrogens with two attached hydrogens (primary N) is 1. The number of carbonyl (C=O) groups excluding carboxylic acids is 2. The second kappa shape index (κ2) is 9.02. The number of nitrogen functional groups attached to an aromatic ring is 1. The number of para-hydroxylation sites is 1. The van der Waals surface area contributed by atoms with E-state index in [0.717, 1.165) is 11.3 Å². The van der Waals surface area contributed by atoms with Crippen LogP contribution in [0.15, 0.2) is 47.5 Å². The number of amides is 1. The topological polar surface area (TPSA) is 122 Å². The van der Waals surface area contributed by atoms with Crippen molar-refractivity contribution in [2.45, 2.75) is 18.9 Å². The minimum atomic E-state index is -0.322. The number of aryl methyl sites for hydroxylation is 2. The third-order valence-corrected chi connectivity index (χ3v) is 6.94. The fraction of sp³-hybridized carbons (Fsp3) is 0.125. The average molecular weight is 474 g/mol. The monoisotopic (exact) mass is 473 g/mol. The average Bonchev–Trinajstić information content (AvgIpc) is 3.13. The minimum Gasteiger partial charge on any atom is -0.397 e. The van der Waals surface area contributed by atoms with Crippen LogP contribution in [0.2, 0.25) is 0 Å². The predicted octanol–water partition coefficient (Wildman–Crippen LogP) is 4.97. The molecular weight excluding hydrogens is 454 g/mol. The highest BCUT2D eigenvalue weighted by Gasteiger charge is 2.24. The standard InChI is InChI=1S/C24H19N5O2S2/c1-12-16(9-14(11-25)23(27-12)32-3)20(30)21-19(26)18-10-17(13(2)28-24(18)33-21)22(31)29-15-7-5-4-6-8-15/h4-10H,26H2,1-3H3,(H,29,31). The molecule has 9 heteroatoms. The van der Waals surface area contributed by atoms with Crippen molar-refractivity contribution in [2.75, 3.05) is 17.3 Å². The quantitative estimate of drug-likeness (QED) is 0.310. The van der Waals surface area contributed by atoms with Crippen molar-refractivity contribution in [3.8, 4) is 6.07 Å². The molecule has 1 amide bonds. The normalized spacial score (nSPS) is 10.7. The van der Waals surface area contributed by atoms with Crippen molar-refractivity contribution < 1.29 is 9.59 Å². The van der Waals surface area contributed by atoms with Gasteiger partial charge in [0.15, 0.2) is 0 Å². The molecule has 0 saturated heterocycles. The Kier molecular flexibility index (Phi) is 6.14. The largest absolute Gasteiger partial charge is 0.397 e. The van der Waals surface area contributed by atoms with E-state index >= 15 is 0 Å². The van der Waals surface area contributed by atoms with Crippen LogP contribution in [0.25, 0.3) is 10.2 Å². The third kappa shape index (κ3) is 4.18. The van der Waals surface area contributed by atoms with Crippen LogP contribution in [-0.4, -0.2) is 27.9 Å². The Labute approximate surface area is 198 Å². The molecule has 7 nitrogen and oxygen atoms in total. The number of carbonyl (C=O) groups is 2. The molecule has 0 atom stereocenters. The second-order valence-electron chi connectivity index (χ2n) is 7.26. The SMILES string of the molecule is CSc1nc(C)c(C(=O)c2sc3nc(C)c(C(=O)Nc4ccccc4)cc3c2N)cc1C#N. The highest BCUT2D eigenvalue weighted by Crippen LogP contribution is 2.36.